The molecule has 11 heteroatoms. The fraction of sp³-hybridized carbons (Fsp3) is 0.0800. The van der Waals surface area contributed by atoms with Crippen LogP contribution in [0.5, 0.6) is 0 Å². The van der Waals surface area contributed by atoms with E-state index in [1.54, 1.807) is 54.3 Å². The summed E-state index contributed by atoms with van der Waals surface area (Å²) < 4.78 is 42.1. The van der Waals surface area contributed by atoms with E-state index in [0.29, 0.717) is 28.3 Å². The molecule has 0 radical (unpaired) electrons. The highest BCUT2D eigenvalue weighted by atomic mass is 32.2. The number of nitrogens with zero attached hydrogens (tertiary/aromatic N) is 4. The Kier molecular flexibility index (Phi) is 6.02. The number of thiocarbonyl (C=S) groups is 1. The summed E-state index contributed by atoms with van der Waals surface area (Å²) >= 11 is 5.19. The molecule has 0 bridgehead atoms. The standard InChI is InChI=1S/C25H21FN6O2S2/c1-16-24-23(21-5-3-4-6-22(21)36(33,34)31(24)2)30-32(16)20-13-7-17(8-14-20)15-27-29-25(35)28-19-11-9-18(26)10-12-19/h3-15H,1-2H3,(H2,28,29,35)/b27-15+. The summed E-state index contributed by atoms with van der Waals surface area (Å²) in [5, 5.41) is 12.1. The predicted molar refractivity (Wildman–Crippen MR) is 143 cm³/mol. The molecule has 4 aromatic rings. The van der Waals surface area contributed by atoms with Crippen molar-refractivity contribution >= 4 is 44.9 Å². The fourth-order valence-corrected chi connectivity index (χ4v) is 5.64. The van der Waals surface area contributed by atoms with Crippen molar-refractivity contribution in [3.63, 3.8) is 0 Å². The number of hydrazone groups is 1. The van der Waals surface area contributed by atoms with Crippen molar-refractivity contribution < 1.29 is 12.8 Å². The third kappa shape index (κ3) is 4.23. The minimum atomic E-state index is -3.65. The Labute approximate surface area is 213 Å². The van der Waals surface area contributed by atoms with E-state index in [0.717, 1.165) is 11.3 Å². The molecule has 0 atom stereocenters. The number of anilines is 2. The highest BCUT2D eigenvalue weighted by Gasteiger charge is 2.36. The summed E-state index contributed by atoms with van der Waals surface area (Å²) in [6.45, 7) is 1.85. The zero-order valence-corrected chi connectivity index (χ0v) is 20.9. The first kappa shape index (κ1) is 23.6. The first-order valence-electron chi connectivity index (χ1n) is 10.9. The maximum absolute atomic E-state index is 13.0. The number of fused-ring (bicyclic) bond motifs is 3. The van der Waals surface area contributed by atoms with Crippen LogP contribution >= 0.6 is 12.2 Å². The molecule has 8 nitrogen and oxygen atoms in total. The Morgan fingerprint density at radius 1 is 1.06 bits per heavy atom. The van der Waals surface area contributed by atoms with Crippen molar-refractivity contribution in [3.8, 4) is 16.9 Å². The van der Waals surface area contributed by atoms with E-state index < -0.39 is 10.0 Å². The zero-order chi connectivity index (χ0) is 25.4. The smallest absolute Gasteiger partial charge is 0.264 e. The molecule has 2 N–H and O–H groups in total. The number of nitrogens with one attached hydrogen (secondary N) is 2. The van der Waals surface area contributed by atoms with Gasteiger partial charge >= 0.3 is 0 Å². The first-order chi connectivity index (χ1) is 17.3. The lowest BCUT2D eigenvalue weighted by atomic mass is 10.1. The van der Waals surface area contributed by atoms with Gasteiger partial charge in [0.15, 0.2) is 5.11 Å². The lowest BCUT2D eigenvalue weighted by Crippen LogP contribution is -2.30. The number of rotatable bonds is 4. The Morgan fingerprint density at radius 2 is 1.75 bits per heavy atom. The number of hydrogen-bond acceptors (Lipinski definition) is 5. The van der Waals surface area contributed by atoms with E-state index in [1.165, 1.54) is 16.4 Å². The molecule has 0 amide bonds. The second-order valence-electron chi connectivity index (χ2n) is 8.09. The maximum Gasteiger partial charge on any atom is 0.264 e. The molecule has 1 aliphatic rings. The Hall–Kier alpha value is -4.09. The quantitative estimate of drug-likeness (QED) is 0.235. The van der Waals surface area contributed by atoms with Gasteiger partial charge in [-0.2, -0.15) is 10.2 Å². The third-order valence-electron chi connectivity index (χ3n) is 5.80. The largest absolute Gasteiger partial charge is 0.331 e. The minimum Gasteiger partial charge on any atom is -0.331 e. The van der Waals surface area contributed by atoms with Crippen LogP contribution in [0.4, 0.5) is 15.8 Å². The lowest BCUT2D eigenvalue weighted by Gasteiger charge is -2.26. The van der Waals surface area contributed by atoms with Gasteiger partial charge in [0.25, 0.3) is 10.0 Å². The van der Waals surface area contributed by atoms with Crippen molar-refractivity contribution in [2.45, 2.75) is 11.8 Å². The average Bonchev–Trinajstić information content (AvgIpc) is 3.22. The zero-order valence-electron chi connectivity index (χ0n) is 19.3. The van der Waals surface area contributed by atoms with Crippen molar-refractivity contribution in [1.29, 1.82) is 0 Å². The second kappa shape index (κ2) is 9.17. The highest BCUT2D eigenvalue weighted by Crippen LogP contribution is 2.43. The van der Waals surface area contributed by atoms with Crippen LogP contribution < -0.4 is 15.0 Å². The van der Waals surface area contributed by atoms with Gasteiger partial charge in [-0.1, -0.05) is 30.3 Å². The molecule has 0 saturated carbocycles. The molecule has 0 unspecified atom stereocenters. The van der Waals surface area contributed by atoms with Crippen LogP contribution in [0.25, 0.3) is 16.9 Å². The Bertz CT molecular complexity index is 1600. The number of aromatic nitrogens is 2. The van der Waals surface area contributed by atoms with Gasteiger partial charge < -0.3 is 5.32 Å². The molecule has 5 rings (SSSR count). The molecule has 0 saturated heterocycles. The van der Waals surface area contributed by atoms with E-state index in [9.17, 15) is 12.8 Å². The monoisotopic (exact) mass is 520 g/mol. The minimum absolute atomic E-state index is 0.246. The van der Waals surface area contributed by atoms with Gasteiger partial charge in [0.2, 0.25) is 0 Å². The van der Waals surface area contributed by atoms with Crippen LogP contribution in [0.3, 0.4) is 0 Å². The molecular weight excluding hydrogens is 499 g/mol. The summed E-state index contributed by atoms with van der Waals surface area (Å²) in [5.74, 6) is -0.326. The van der Waals surface area contributed by atoms with Gasteiger partial charge in [-0.15, -0.1) is 0 Å². The summed E-state index contributed by atoms with van der Waals surface area (Å²) in [5.41, 5.74) is 7.45. The molecule has 1 aliphatic heterocycles. The molecule has 3 aromatic carbocycles. The van der Waals surface area contributed by atoms with Gasteiger partial charge in [0.1, 0.15) is 17.2 Å². The SMILES string of the molecule is Cc1c2c(nn1-c1ccc(/C=N/NC(=S)Nc3ccc(F)cc3)cc1)-c1ccccc1S(=O)(=O)N2C. The first-order valence-corrected chi connectivity index (χ1v) is 12.7. The predicted octanol–water partition coefficient (Wildman–Crippen LogP) is 4.45. The summed E-state index contributed by atoms with van der Waals surface area (Å²) in [6.07, 6.45) is 1.61. The van der Waals surface area contributed by atoms with Gasteiger partial charge in [-0.25, -0.2) is 17.5 Å². The van der Waals surface area contributed by atoms with Crippen molar-refractivity contribution in [3.05, 3.63) is 89.9 Å². The number of halogens is 1. The van der Waals surface area contributed by atoms with E-state index >= 15 is 0 Å². The highest BCUT2D eigenvalue weighted by molar-refractivity contribution is 7.93. The topological polar surface area (TPSA) is 91.6 Å². The molecule has 2 heterocycles. The second-order valence-corrected chi connectivity index (χ2v) is 10.4. The van der Waals surface area contributed by atoms with E-state index in [2.05, 4.69) is 15.8 Å². The lowest BCUT2D eigenvalue weighted by molar-refractivity contribution is 0.593. The Morgan fingerprint density at radius 3 is 2.47 bits per heavy atom. The van der Waals surface area contributed by atoms with Crippen LogP contribution in [0.2, 0.25) is 0 Å². The third-order valence-corrected chi connectivity index (χ3v) is 7.81. The summed E-state index contributed by atoms with van der Waals surface area (Å²) in [4.78, 5) is 0.246. The number of hydrogen-bond donors (Lipinski definition) is 2. The van der Waals surface area contributed by atoms with Crippen molar-refractivity contribution in [2.75, 3.05) is 16.7 Å². The van der Waals surface area contributed by atoms with Gasteiger partial charge in [-0.3, -0.25) is 9.73 Å². The maximum atomic E-state index is 13.0. The average molecular weight is 521 g/mol. The van der Waals surface area contributed by atoms with Gasteiger partial charge in [0, 0.05) is 18.3 Å². The normalized spacial score (nSPS) is 13.8. The fourth-order valence-electron chi connectivity index (χ4n) is 4.02. The van der Waals surface area contributed by atoms with Crippen molar-refractivity contribution in [1.82, 2.24) is 15.2 Å². The molecule has 0 fully saturated rings. The van der Waals surface area contributed by atoms with Crippen LogP contribution in [-0.4, -0.2) is 36.6 Å². The molecule has 0 aliphatic carbocycles. The van der Waals surface area contributed by atoms with Gasteiger partial charge in [-0.05, 0) is 67.2 Å². The van der Waals surface area contributed by atoms with Gasteiger partial charge in [0.05, 0.1) is 22.5 Å². The number of benzene rings is 3. The molecule has 0 spiro atoms. The van der Waals surface area contributed by atoms with Crippen LogP contribution in [0.1, 0.15) is 11.3 Å². The van der Waals surface area contributed by atoms with Crippen LogP contribution in [-0.2, 0) is 10.0 Å². The van der Waals surface area contributed by atoms with E-state index in [1.807, 2.05) is 31.2 Å². The number of sulfonamides is 1. The molecule has 36 heavy (non-hydrogen) atoms. The summed E-state index contributed by atoms with van der Waals surface area (Å²) in [6, 6.07) is 20.2. The van der Waals surface area contributed by atoms with Crippen molar-refractivity contribution in [2.24, 2.45) is 5.10 Å². The molecular formula is C25H21FN6O2S2. The van der Waals surface area contributed by atoms with E-state index in [-0.39, 0.29) is 15.8 Å². The van der Waals surface area contributed by atoms with Crippen LogP contribution in [0, 0.1) is 12.7 Å². The molecule has 182 valence electrons. The van der Waals surface area contributed by atoms with Crippen LogP contribution in [0.15, 0.2) is 82.8 Å². The Balaban J connectivity index is 1.34. The summed E-state index contributed by atoms with van der Waals surface area (Å²) in [7, 11) is -2.10. The van der Waals surface area contributed by atoms with E-state index in [4.69, 9.17) is 17.3 Å². The molecule has 1 aromatic heterocycles.